The molecule has 1 aromatic carbocycles. The van der Waals surface area contributed by atoms with Gasteiger partial charge < -0.3 is 10.6 Å². The largest absolute Gasteiger partial charge is 0.381 e. The summed E-state index contributed by atoms with van der Waals surface area (Å²) >= 11 is 0. The second-order valence-electron chi connectivity index (χ2n) is 5.72. The maximum Gasteiger partial charge on any atom is 0.126 e. The van der Waals surface area contributed by atoms with Crippen LogP contribution in [0.3, 0.4) is 0 Å². The third-order valence-electron chi connectivity index (χ3n) is 4.13. The van der Waals surface area contributed by atoms with Crippen LogP contribution in [0.15, 0.2) is 43.0 Å². The molecule has 0 unspecified atom stereocenters. The standard InChI is InChI=1S/C18H23N3/c1-2-13-19-16-9-6-10-17-15(16)11-12-18(21-17)20-14-7-4-3-5-8-14/h2,6,9-12,14,19H,1,3-5,7-8,13H2,(H,20,21). The lowest BCUT2D eigenvalue weighted by Gasteiger charge is -2.23. The zero-order chi connectivity index (χ0) is 14.5. The van der Waals surface area contributed by atoms with Gasteiger partial charge in [-0.3, -0.25) is 0 Å². The van der Waals surface area contributed by atoms with Crippen LogP contribution in [0.5, 0.6) is 0 Å². The van der Waals surface area contributed by atoms with E-state index in [0.717, 1.165) is 29.0 Å². The molecule has 1 saturated carbocycles. The Hall–Kier alpha value is -2.03. The molecule has 3 nitrogen and oxygen atoms in total. The van der Waals surface area contributed by atoms with Crippen molar-refractivity contribution in [1.29, 1.82) is 0 Å². The molecule has 0 saturated heterocycles. The Morgan fingerprint density at radius 1 is 1.14 bits per heavy atom. The lowest BCUT2D eigenvalue weighted by Crippen LogP contribution is -2.22. The maximum absolute atomic E-state index is 4.76. The summed E-state index contributed by atoms with van der Waals surface area (Å²) in [4.78, 5) is 4.76. The predicted octanol–water partition coefficient (Wildman–Crippen LogP) is 4.58. The van der Waals surface area contributed by atoms with Crippen molar-refractivity contribution in [2.75, 3.05) is 17.2 Å². The normalized spacial score (nSPS) is 15.8. The van der Waals surface area contributed by atoms with Crippen LogP contribution >= 0.6 is 0 Å². The molecular formula is C18H23N3. The number of hydrogen-bond donors (Lipinski definition) is 2. The van der Waals surface area contributed by atoms with E-state index in [-0.39, 0.29) is 0 Å². The highest BCUT2D eigenvalue weighted by Crippen LogP contribution is 2.25. The summed E-state index contributed by atoms with van der Waals surface area (Å²) in [7, 11) is 0. The molecule has 21 heavy (non-hydrogen) atoms. The van der Waals surface area contributed by atoms with Crippen molar-refractivity contribution in [3.8, 4) is 0 Å². The fraction of sp³-hybridized carbons (Fsp3) is 0.389. The summed E-state index contributed by atoms with van der Waals surface area (Å²) in [5.74, 6) is 0.996. The first kappa shape index (κ1) is 13.9. The molecule has 0 radical (unpaired) electrons. The molecule has 2 aromatic rings. The number of pyridine rings is 1. The van der Waals surface area contributed by atoms with Crippen molar-refractivity contribution in [3.63, 3.8) is 0 Å². The molecule has 2 N–H and O–H groups in total. The van der Waals surface area contributed by atoms with Crippen molar-refractivity contribution >= 4 is 22.4 Å². The van der Waals surface area contributed by atoms with Crippen molar-refractivity contribution in [2.45, 2.75) is 38.1 Å². The number of benzene rings is 1. The fourth-order valence-corrected chi connectivity index (χ4v) is 3.03. The molecule has 0 spiro atoms. The monoisotopic (exact) mass is 281 g/mol. The number of nitrogens with zero attached hydrogens (tertiary/aromatic N) is 1. The van der Waals surface area contributed by atoms with Gasteiger partial charge in [0.25, 0.3) is 0 Å². The number of fused-ring (bicyclic) bond motifs is 1. The van der Waals surface area contributed by atoms with Crippen molar-refractivity contribution < 1.29 is 0 Å². The third kappa shape index (κ3) is 3.35. The Balaban J connectivity index is 1.81. The van der Waals surface area contributed by atoms with Gasteiger partial charge in [0.15, 0.2) is 0 Å². The first-order chi connectivity index (χ1) is 10.4. The van der Waals surface area contributed by atoms with Gasteiger partial charge in [-0.25, -0.2) is 4.98 Å². The fourth-order valence-electron chi connectivity index (χ4n) is 3.03. The van der Waals surface area contributed by atoms with E-state index >= 15 is 0 Å². The van der Waals surface area contributed by atoms with E-state index < -0.39 is 0 Å². The highest BCUT2D eigenvalue weighted by Gasteiger charge is 2.13. The average Bonchev–Trinajstić information content (AvgIpc) is 2.53. The van der Waals surface area contributed by atoms with Crippen LogP contribution in [-0.2, 0) is 0 Å². The van der Waals surface area contributed by atoms with E-state index in [9.17, 15) is 0 Å². The van der Waals surface area contributed by atoms with Gasteiger partial charge in [-0.2, -0.15) is 0 Å². The number of nitrogens with one attached hydrogen (secondary N) is 2. The number of aromatic nitrogens is 1. The smallest absolute Gasteiger partial charge is 0.126 e. The van der Waals surface area contributed by atoms with Gasteiger partial charge in [-0.05, 0) is 37.1 Å². The minimum atomic E-state index is 0.589. The second kappa shape index (κ2) is 6.61. The van der Waals surface area contributed by atoms with Crippen LogP contribution < -0.4 is 10.6 Å². The van der Waals surface area contributed by atoms with Gasteiger partial charge in [0, 0.05) is 23.7 Å². The van der Waals surface area contributed by atoms with Crippen LogP contribution in [-0.4, -0.2) is 17.6 Å². The van der Waals surface area contributed by atoms with Crippen molar-refractivity contribution in [2.24, 2.45) is 0 Å². The summed E-state index contributed by atoms with van der Waals surface area (Å²) in [6.45, 7) is 4.51. The molecule has 0 atom stereocenters. The third-order valence-corrected chi connectivity index (χ3v) is 4.13. The SMILES string of the molecule is C=CCNc1cccc2nc(NC3CCCCC3)ccc12. The van der Waals surface area contributed by atoms with E-state index in [2.05, 4.69) is 41.5 Å². The minimum absolute atomic E-state index is 0.589. The predicted molar refractivity (Wildman–Crippen MR) is 90.9 cm³/mol. The Labute approximate surface area is 126 Å². The quantitative estimate of drug-likeness (QED) is 0.788. The summed E-state index contributed by atoms with van der Waals surface area (Å²) in [6, 6.07) is 11.0. The topological polar surface area (TPSA) is 37.0 Å². The van der Waals surface area contributed by atoms with E-state index in [1.54, 1.807) is 0 Å². The van der Waals surface area contributed by atoms with E-state index in [0.29, 0.717) is 6.04 Å². The second-order valence-corrected chi connectivity index (χ2v) is 5.72. The number of anilines is 2. The lowest BCUT2D eigenvalue weighted by atomic mass is 9.95. The number of hydrogen-bond acceptors (Lipinski definition) is 3. The zero-order valence-corrected chi connectivity index (χ0v) is 12.4. The van der Waals surface area contributed by atoms with Gasteiger partial charge in [-0.15, -0.1) is 6.58 Å². The minimum Gasteiger partial charge on any atom is -0.381 e. The summed E-state index contributed by atoms with van der Waals surface area (Å²) < 4.78 is 0. The average molecular weight is 281 g/mol. The van der Waals surface area contributed by atoms with Crippen molar-refractivity contribution in [1.82, 2.24) is 4.98 Å². The van der Waals surface area contributed by atoms with E-state index in [4.69, 9.17) is 4.98 Å². The van der Waals surface area contributed by atoms with Crippen molar-refractivity contribution in [3.05, 3.63) is 43.0 Å². The molecule has 0 amide bonds. The first-order valence-corrected chi connectivity index (χ1v) is 7.88. The highest BCUT2D eigenvalue weighted by molar-refractivity contribution is 5.92. The van der Waals surface area contributed by atoms with Crippen LogP contribution in [0.25, 0.3) is 10.9 Å². The van der Waals surface area contributed by atoms with Gasteiger partial charge >= 0.3 is 0 Å². The Bertz CT molecular complexity index is 615. The van der Waals surface area contributed by atoms with Crippen LogP contribution in [0.2, 0.25) is 0 Å². The van der Waals surface area contributed by atoms with Crippen LogP contribution in [0.1, 0.15) is 32.1 Å². The van der Waals surface area contributed by atoms with Gasteiger partial charge in [0.05, 0.1) is 5.52 Å². The molecule has 0 aliphatic heterocycles. The molecular weight excluding hydrogens is 258 g/mol. The highest BCUT2D eigenvalue weighted by atomic mass is 15.0. The molecule has 1 aromatic heterocycles. The van der Waals surface area contributed by atoms with Crippen LogP contribution in [0.4, 0.5) is 11.5 Å². The molecule has 3 rings (SSSR count). The molecule has 1 fully saturated rings. The number of rotatable bonds is 5. The summed E-state index contributed by atoms with van der Waals surface area (Å²) in [6.07, 6.45) is 8.44. The first-order valence-electron chi connectivity index (χ1n) is 7.88. The van der Waals surface area contributed by atoms with E-state index in [1.807, 2.05) is 12.1 Å². The van der Waals surface area contributed by atoms with Gasteiger partial charge in [0.1, 0.15) is 5.82 Å². The maximum atomic E-state index is 4.76. The van der Waals surface area contributed by atoms with Gasteiger partial charge in [0.2, 0.25) is 0 Å². The lowest BCUT2D eigenvalue weighted by molar-refractivity contribution is 0.462. The Kier molecular flexibility index (Phi) is 4.39. The molecule has 1 aliphatic carbocycles. The Morgan fingerprint density at radius 2 is 2.00 bits per heavy atom. The molecule has 1 heterocycles. The van der Waals surface area contributed by atoms with Crippen LogP contribution in [0, 0.1) is 0 Å². The summed E-state index contributed by atoms with van der Waals surface area (Å²) in [5.41, 5.74) is 2.15. The molecule has 1 aliphatic rings. The summed E-state index contributed by atoms with van der Waals surface area (Å²) in [5, 5.41) is 8.11. The van der Waals surface area contributed by atoms with Gasteiger partial charge in [-0.1, -0.05) is 31.4 Å². The molecule has 110 valence electrons. The Morgan fingerprint density at radius 3 is 2.81 bits per heavy atom. The molecule has 3 heteroatoms. The zero-order valence-electron chi connectivity index (χ0n) is 12.4. The van der Waals surface area contributed by atoms with E-state index in [1.165, 1.54) is 32.1 Å². The molecule has 0 bridgehead atoms.